The highest BCUT2D eigenvalue weighted by molar-refractivity contribution is 4.75. The number of hydrogen-bond acceptors (Lipinski definition) is 2. The third kappa shape index (κ3) is 1.10. The first-order valence-corrected chi connectivity index (χ1v) is 3.64. The molecule has 2 unspecified atom stereocenters. The zero-order chi connectivity index (χ0) is 6.10. The minimum absolute atomic E-state index is 0.525. The minimum atomic E-state index is 0.525. The molecule has 0 aromatic heterocycles. The van der Waals surface area contributed by atoms with Crippen molar-refractivity contribution in [3.63, 3.8) is 0 Å². The van der Waals surface area contributed by atoms with E-state index in [1.807, 2.05) is 0 Å². The third-order valence-electron chi connectivity index (χ3n) is 2.10. The van der Waals surface area contributed by atoms with Crippen LogP contribution in [0.2, 0.25) is 0 Å². The lowest BCUT2D eigenvalue weighted by Gasteiger charge is -2.08. The lowest BCUT2D eigenvalue weighted by atomic mass is 10.1. The highest BCUT2D eigenvalue weighted by atomic mass is 16.5. The zero-order valence-corrected chi connectivity index (χ0v) is 5.51. The van der Waals surface area contributed by atoms with E-state index in [1.165, 1.54) is 6.42 Å². The molecule has 2 nitrogen and oxygen atoms in total. The van der Waals surface area contributed by atoms with Gasteiger partial charge in [-0.1, -0.05) is 0 Å². The first-order valence-electron chi connectivity index (χ1n) is 3.64. The van der Waals surface area contributed by atoms with Crippen molar-refractivity contribution < 1.29 is 9.47 Å². The first kappa shape index (κ1) is 5.69. The van der Waals surface area contributed by atoms with E-state index < -0.39 is 0 Å². The second-order valence-corrected chi connectivity index (χ2v) is 2.92. The molecule has 2 rings (SSSR count). The van der Waals surface area contributed by atoms with Gasteiger partial charge in [-0.3, -0.25) is 0 Å². The van der Waals surface area contributed by atoms with Crippen LogP contribution in [0.25, 0.3) is 0 Å². The van der Waals surface area contributed by atoms with Crippen LogP contribution in [-0.2, 0) is 9.47 Å². The lowest BCUT2D eigenvalue weighted by Crippen LogP contribution is -2.10. The molecule has 2 aliphatic rings. The fourth-order valence-corrected chi connectivity index (χ4v) is 1.56. The summed E-state index contributed by atoms with van der Waals surface area (Å²) in [6.07, 6.45) is 2.87. The Bertz CT molecular complexity index is 91.1. The summed E-state index contributed by atoms with van der Waals surface area (Å²) in [5, 5.41) is 0. The van der Waals surface area contributed by atoms with Gasteiger partial charge in [0.1, 0.15) is 0 Å². The molecule has 2 aliphatic heterocycles. The standard InChI is InChI=1S/C7H12O2/c1-2-8-4-6-3-7(1)9-5-6/h6-7H,1-5H2. The van der Waals surface area contributed by atoms with Crippen LogP contribution in [0.1, 0.15) is 12.8 Å². The van der Waals surface area contributed by atoms with Crippen LogP contribution >= 0.6 is 0 Å². The van der Waals surface area contributed by atoms with E-state index in [2.05, 4.69) is 0 Å². The summed E-state index contributed by atoms with van der Waals surface area (Å²) in [7, 11) is 0. The lowest BCUT2D eigenvalue weighted by molar-refractivity contribution is 0.0294. The minimum Gasteiger partial charge on any atom is -0.381 e. The van der Waals surface area contributed by atoms with Crippen molar-refractivity contribution in [1.29, 1.82) is 0 Å². The summed E-state index contributed by atoms with van der Waals surface area (Å²) in [6.45, 7) is 2.77. The zero-order valence-electron chi connectivity index (χ0n) is 5.51. The quantitative estimate of drug-likeness (QED) is 0.480. The van der Waals surface area contributed by atoms with Crippen molar-refractivity contribution in [2.75, 3.05) is 19.8 Å². The van der Waals surface area contributed by atoms with Crippen LogP contribution in [0.15, 0.2) is 0 Å². The maximum atomic E-state index is 5.48. The number of fused-ring (bicyclic) bond motifs is 2. The van der Waals surface area contributed by atoms with Crippen molar-refractivity contribution in [2.24, 2.45) is 5.92 Å². The average molecular weight is 128 g/mol. The number of rotatable bonds is 0. The Morgan fingerprint density at radius 2 is 2.22 bits per heavy atom. The van der Waals surface area contributed by atoms with Gasteiger partial charge in [0.05, 0.1) is 19.3 Å². The van der Waals surface area contributed by atoms with Gasteiger partial charge in [-0.25, -0.2) is 0 Å². The molecule has 2 atom stereocenters. The van der Waals surface area contributed by atoms with Gasteiger partial charge in [-0.2, -0.15) is 0 Å². The number of hydrogen-bond donors (Lipinski definition) is 0. The fraction of sp³-hybridized carbons (Fsp3) is 1.00. The molecule has 9 heavy (non-hydrogen) atoms. The van der Waals surface area contributed by atoms with Gasteiger partial charge in [0.2, 0.25) is 0 Å². The van der Waals surface area contributed by atoms with Crippen molar-refractivity contribution in [3.8, 4) is 0 Å². The Hall–Kier alpha value is -0.0800. The number of ether oxygens (including phenoxy) is 2. The fourth-order valence-electron chi connectivity index (χ4n) is 1.56. The predicted molar refractivity (Wildman–Crippen MR) is 33.3 cm³/mol. The van der Waals surface area contributed by atoms with Crippen LogP contribution in [0.5, 0.6) is 0 Å². The normalized spacial score (nSPS) is 42.7. The van der Waals surface area contributed by atoms with Gasteiger partial charge < -0.3 is 9.47 Å². The summed E-state index contributed by atoms with van der Waals surface area (Å²) in [6, 6.07) is 0. The molecule has 0 N–H and O–H groups in total. The van der Waals surface area contributed by atoms with E-state index in [9.17, 15) is 0 Å². The van der Waals surface area contributed by atoms with Gasteiger partial charge in [0, 0.05) is 12.5 Å². The summed E-state index contributed by atoms with van der Waals surface area (Å²) in [4.78, 5) is 0. The van der Waals surface area contributed by atoms with E-state index in [1.54, 1.807) is 0 Å². The Balaban J connectivity index is 1.99. The molecule has 0 aromatic rings. The second kappa shape index (κ2) is 2.27. The molecular formula is C7H12O2. The van der Waals surface area contributed by atoms with Crippen LogP contribution in [-0.4, -0.2) is 25.9 Å². The average Bonchev–Trinajstić information content (AvgIpc) is 2.09. The monoisotopic (exact) mass is 128 g/mol. The molecule has 2 saturated heterocycles. The van der Waals surface area contributed by atoms with E-state index in [0.29, 0.717) is 12.0 Å². The first-order chi connectivity index (χ1) is 4.45. The molecular weight excluding hydrogens is 116 g/mol. The molecule has 2 bridgehead atoms. The van der Waals surface area contributed by atoms with Gasteiger partial charge in [-0.15, -0.1) is 0 Å². The predicted octanol–water partition coefficient (Wildman–Crippen LogP) is 0.812. The van der Waals surface area contributed by atoms with Crippen LogP contribution in [0, 0.1) is 5.92 Å². The molecule has 0 spiro atoms. The summed E-state index contributed by atoms with van der Waals surface area (Å²) < 4.78 is 10.8. The molecule has 0 aromatic carbocycles. The SMILES string of the molecule is C1CC2CC(CO1)CO2. The molecule has 0 aliphatic carbocycles. The van der Waals surface area contributed by atoms with Crippen molar-refractivity contribution in [3.05, 3.63) is 0 Å². The van der Waals surface area contributed by atoms with Crippen LogP contribution in [0.4, 0.5) is 0 Å². The molecule has 2 heteroatoms. The maximum Gasteiger partial charge on any atom is 0.0601 e. The summed E-state index contributed by atoms with van der Waals surface area (Å²) >= 11 is 0. The van der Waals surface area contributed by atoms with Crippen molar-refractivity contribution >= 4 is 0 Å². The molecule has 0 saturated carbocycles. The van der Waals surface area contributed by atoms with Crippen molar-refractivity contribution in [2.45, 2.75) is 18.9 Å². The maximum absolute atomic E-state index is 5.48. The summed E-state index contributed by atoms with van der Waals surface area (Å²) in [5.41, 5.74) is 0. The molecule has 52 valence electrons. The Morgan fingerprint density at radius 1 is 1.22 bits per heavy atom. The van der Waals surface area contributed by atoms with E-state index in [4.69, 9.17) is 9.47 Å². The van der Waals surface area contributed by atoms with E-state index in [-0.39, 0.29) is 0 Å². The second-order valence-electron chi connectivity index (χ2n) is 2.92. The Kier molecular flexibility index (Phi) is 1.44. The van der Waals surface area contributed by atoms with E-state index in [0.717, 1.165) is 26.2 Å². The Morgan fingerprint density at radius 3 is 3.22 bits per heavy atom. The summed E-state index contributed by atoms with van der Waals surface area (Å²) in [5.74, 6) is 0.706. The molecule has 2 fully saturated rings. The smallest absolute Gasteiger partial charge is 0.0601 e. The largest absolute Gasteiger partial charge is 0.381 e. The third-order valence-corrected chi connectivity index (χ3v) is 2.10. The Labute approximate surface area is 55.1 Å². The molecule has 0 amide bonds. The van der Waals surface area contributed by atoms with Gasteiger partial charge in [0.15, 0.2) is 0 Å². The topological polar surface area (TPSA) is 18.5 Å². The van der Waals surface area contributed by atoms with Crippen LogP contribution in [0.3, 0.4) is 0 Å². The highest BCUT2D eigenvalue weighted by Gasteiger charge is 2.27. The highest BCUT2D eigenvalue weighted by Crippen LogP contribution is 2.24. The van der Waals surface area contributed by atoms with Crippen LogP contribution < -0.4 is 0 Å². The van der Waals surface area contributed by atoms with Gasteiger partial charge in [-0.05, 0) is 12.8 Å². The van der Waals surface area contributed by atoms with Gasteiger partial charge >= 0.3 is 0 Å². The van der Waals surface area contributed by atoms with E-state index >= 15 is 0 Å². The van der Waals surface area contributed by atoms with Gasteiger partial charge in [0.25, 0.3) is 0 Å². The molecule has 0 radical (unpaired) electrons. The van der Waals surface area contributed by atoms with Crippen molar-refractivity contribution in [1.82, 2.24) is 0 Å². The molecule has 2 heterocycles.